The van der Waals surface area contributed by atoms with E-state index in [4.69, 9.17) is 9.26 Å². The zero-order chi connectivity index (χ0) is 20.0. The first kappa shape index (κ1) is 20.6. The van der Waals surface area contributed by atoms with Crippen molar-refractivity contribution in [3.63, 3.8) is 0 Å². The van der Waals surface area contributed by atoms with Gasteiger partial charge in [-0.25, -0.2) is 17.9 Å². The summed E-state index contributed by atoms with van der Waals surface area (Å²) in [4.78, 5) is 23.7. The molecular formula is C17H21N3O6S. The maximum Gasteiger partial charge on any atom is 0.338 e. The number of ether oxygens (including phenoxy) is 1. The first-order valence-electron chi connectivity index (χ1n) is 8.24. The van der Waals surface area contributed by atoms with Crippen molar-refractivity contribution in [2.75, 3.05) is 18.5 Å². The van der Waals surface area contributed by atoms with Gasteiger partial charge in [-0.15, -0.1) is 0 Å². The maximum atomic E-state index is 12.3. The SMILES string of the molecule is CCOC(=O)c1cccc(NC(=O)CCNS(=O)(=O)c2c(C)noc2C)c1. The lowest BCUT2D eigenvalue weighted by Crippen LogP contribution is -2.28. The van der Waals surface area contributed by atoms with Crippen molar-refractivity contribution < 1.29 is 27.3 Å². The number of nitrogens with one attached hydrogen (secondary N) is 2. The normalized spacial score (nSPS) is 11.2. The summed E-state index contributed by atoms with van der Waals surface area (Å²) >= 11 is 0. The third-order valence-corrected chi connectivity index (χ3v) is 5.24. The molecule has 0 radical (unpaired) electrons. The van der Waals surface area contributed by atoms with Crippen LogP contribution in [0.15, 0.2) is 33.7 Å². The Morgan fingerprint density at radius 2 is 2.00 bits per heavy atom. The van der Waals surface area contributed by atoms with Crippen LogP contribution < -0.4 is 10.0 Å². The number of anilines is 1. The smallest absolute Gasteiger partial charge is 0.338 e. The molecule has 1 aromatic heterocycles. The predicted molar refractivity (Wildman–Crippen MR) is 96.8 cm³/mol. The monoisotopic (exact) mass is 395 g/mol. The van der Waals surface area contributed by atoms with Gasteiger partial charge in [0.05, 0.1) is 12.2 Å². The van der Waals surface area contributed by atoms with Crippen LogP contribution in [-0.4, -0.2) is 38.6 Å². The van der Waals surface area contributed by atoms with Crippen molar-refractivity contribution in [2.45, 2.75) is 32.1 Å². The van der Waals surface area contributed by atoms with E-state index in [1.54, 1.807) is 25.1 Å². The number of amides is 1. The van der Waals surface area contributed by atoms with E-state index in [1.807, 2.05) is 0 Å². The molecule has 2 aromatic rings. The average molecular weight is 395 g/mol. The second-order valence-corrected chi connectivity index (χ2v) is 7.35. The molecule has 27 heavy (non-hydrogen) atoms. The first-order valence-corrected chi connectivity index (χ1v) is 9.72. The van der Waals surface area contributed by atoms with Crippen LogP contribution in [0.4, 0.5) is 5.69 Å². The first-order chi connectivity index (χ1) is 12.7. The lowest BCUT2D eigenvalue weighted by molar-refractivity contribution is -0.116. The Hall–Kier alpha value is -2.72. The van der Waals surface area contributed by atoms with Gasteiger partial charge in [-0.3, -0.25) is 4.79 Å². The standard InChI is InChI=1S/C17H21N3O6S/c1-4-25-17(22)13-6-5-7-14(10-13)19-15(21)8-9-18-27(23,24)16-11(2)20-26-12(16)3/h5-7,10,18H,4,8-9H2,1-3H3,(H,19,21). The van der Waals surface area contributed by atoms with Gasteiger partial charge in [0.15, 0.2) is 5.76 Å². The Morgan fingerprint density at radius 3 is 2.63 bits per heavy atom. The van der Waals surface area contributed by atoms with E-state index in [0.29, 0.717) is 11.3 Å². The molecule has 0 saturated carbocycles. The Balaban J connectivity index is 1.92. The highest BCUT2D eigenvalue weighted by Gasteiger charge is 2.23. The van der Waals surface area contributed by atoms with Crippen LogP contribution in [0.25, 0.3) is 0 Å². The molecule has 2 rings (SSSR count). The number of hydrogen-bond donors (Lipinski definition) is 2. The summed E-state index contributed by atoms with van der Waals surface area (Å²) in [6.07, 6.45) is -0.0910. The fraction of sp³-hybridized carbons (Fsp3) is 0.353. The molecule has 146 valence electrons. The summed E-state index contributed by atoms with van der Waals surface area (Å²) in [5.41, 5.74) is 0.980. The van der Waals surface area contributed by atoms with Gasteiger partial charge in [0.25, 0.3) is 0 Å². The van der Waals surface area contributed by atoms with Crippen molar-refractivity contribution >= 4 is 27.6 Å². The van der Waals surface area contributed by atoms with E-state index in [2.05, 4.69) is 15.2 Å². The van der Waals surface area contributed by atoms with Crippen LogP contribution in [0.1, 0.15) is 35.2 Å². The molecule has 0 unspecified atom stereocenters. The molecule has 0 spiro atoms. The van der Waals surface area contributed by atoms with Crippen LogP contribution in [0.5, 0.6) is 0 Å². The molecule has 0 aliphatic heterocycles. The molecule has 0 saturated heterocycles. The lowest BCUT2D eigenvalue weighted by atomic mass is 10.2. The second-order valence-electron chi connectivity index (χ2n) is 5.65. The molecule has 0 atom stereocenters. The van der Waals surface area contributed by atoms with Crippen LogP contribution in [-0.2, 0) is 19.6 Å². The van der Waals surface area contributed by atoms with Gasteiger partial charge >= 0.3 is 5.97 Å². The van der Waals surface area contributed by atoms with Crippen LogP contribution in [0.2, 0.25) is 0 Å². The van der Waals surface area contributed by atoms with E-state index >= 15 is 0 Å². The van der Waals surface area contributed by atoms with E-state index < -0.39 is 21.9 Å². The average Bonchev–Trinajstić information content (AvgIpc) is 2.94. The number of carbonyl (C=O) groups excluding carboxylic acids is 2. The fourth-order valence-electron chi connectivity index (χ4n) is 2.39. The Kier molecular flexibility index (Phi) is 6.70. The van der Waals surface area contributed by atoms with E-state index in [1.165, 1.54) is 19.9 Å². The van der Waals surface area contributed by atoms with Crippen LogP contribution in [0.3, 0.4) is 0 Å². The molecule has 1 heterocycles. The summed E-state index contributed by atoms with van der Waals surface area (Å²) in [5.74, 6) is -0.710. The summed E-state index contributed by atoms with van der Waals surface area (Å²) in [7, 11) is -3.82. The number of nitrogens with zero attached hydrogens (tertiary/aromatic N) is 1. The van der Waals surface area contributed by atoms with Gasteiger partial charge in [0.1, 0.15) is 10.6 Å². The molecule has 10 heteroatoms. The Bertz CT molecular complexity index is 916. The van der Waals surface area contributed by atoms with Crippen molar-refractivity contribution in [1.29, 1.82) is 0 Å². The number of sulfonamides is 1. The van der Waals surface area contributed by atoms with Gasteiger partial charge in [-0.2, -0.15) is 0 Å². The van der Waals surface area contributed by atoms with Crippen LogP contribution >= 0.6 is 0 Å². The highest BCUT2D eigenvalue weighted by molar-refractivity contribution is 7.89. The number of esters is 1. The number of aromatic nitrogens is 1. The summed E-state index contributed by atoms with van der Waals surface area (Å²) in [6, 6.07) is 6.30. The number of carbonyl (C=O) groups is 2. The Labute approximate surface area is 157 Å². The number of hydrogen-bond acceptors (Lipinski definition) is 7. The molecule has 1 aromatic carbocycles. The van der Waals surface area contributed by atoms with Gasteiger partial charge < -0.3 is 14.6 Å². The lowest BCUT2D eigenvalue weighted by Gasteiger charge is -2.08. The molecular weight excluding hydrogens is 374 g/mol. The van der Waals surface area contributed by atoms with Crippen molar-refractivity contribution in [3.8, 4) is 0 Å². The fourth-order valence-corrected chi connectivity index (χ4v) is 3.75. The highest BCUT2D eigenvalue weighted by atomic mass is 32.2. The Morgan fingerprint density at radius 1 is 1.26 bits per heavy atom. The molecule has 0 aliphatic carbocycles. The minimum atomic E-state index is -3.82. The molecule has 0 fully saturated rings. The van der Waals surface area contributed by atoms with E-state index in [9.17, 15) is 18.0 Å². The molecule has 9 nitrogen and oxygen atoms in total. The zero-order valence-electron chi connectivity index (χ0n) is 15.2. The summed E-state index contributed by atoms with van der Waals surface area (Å²) < 4.78 is 36.6. The highest BCUT2D eigenvalue weighted by Crippen LogP contribution is 2.18. The van der Waals surface area contributed by atoms with Gasteiger partial charge in [0.2, 0.25) is 15.9 Å². The third-order valence-electron chi connectivity index (χ3n) is 3.54. The van der Waals surface area contributed by atoms with Crippen molar-refractivity contribution in [3.05, 3.63) is 41.3 Å². The summed E-state index contributed by atoms with van der Waals surface area (Å²) in [5, 5.41) is 6.22. The van der Waals surface area contributed by atoms with Crippen molar-refractivity contribution in [1.82, 2.24) is 9.88 Å². The molecule has 1 amide bonds. The maximum absolute atomic E-state index is 12.3. The molecule has 2 N–H and O–H groups in total. The van der Waals surface area contributed by atoms with E-state index in [0.717, 1.165) is 0 Å². The summed E-state index contributed by atoms with van der Waals surface area (Å²) in [6.45, 7) is 4.87. The molecule has 0 aliphatic rings. The number of aryl methyl sites for hydroxylation is 2. The van der Waals surface area contributed by atoms with Gasteiger partial charge in [0, 0.05) is 18.7 Å². The number of rotatable bonds is 8. The second kappa shape index (κ2) is 8.78. The zero-order valence-corrected chi connectivity index (χ0v) is 16.1. The topological polar surface area (TPSA) is 128 Å². The minimum Gasteiger partial charge on any atom is -0.462 e. The minimum absolute atomic E-state index is 0.0231. The van der Waals surface area contributed by atoms with Crippen molar-refractivity contribution in [2.24, 2.45) is 0 Å². The van der Waals surface area contributed by atoms with Gasteiger partial charge in [-0.05, 0) is 39.0 Å². The van der Waals surface area contributed by atoms with E-state index in [-0.39, 0.29) is 35.9 Å². The number of benzene rings is 1. The molecule has 0 bridgehead atoms. The quantitative estimate of drug-likeness (QED) is 0.652. The largest absolute Gasteiger partial charge is 0.462 e. The third kappa shape index (κ3) is 5.38. The predicted octanol–water partition coefficient (Wildman–Crippen LogP) is 1.78. The van der Waals surface area contributed by atoms with Gasteiger partial charge in [-0.1, -0.05) is 11.2 Å². The van der Waals surface area contributed by atoms with Crippen LogP contribution in [0, 0.1) is 13.8 Å².